The summed E-state index contributed by atoms with van der Waals surface area (Å²) in [5, 5.41) is 2.97. The third kappa shape index (κ3) is 2.36. The highest BCUT2D eigenvalue weighted by atomic mass is 127. The predicted octanol–water partition coefficient (Wildman–Crippen LogP) is 7.27. The summed E-state index contributed by atoms with van der Waals surface area (Å²) in [6, 6.07) is 18.2. The molecular formula is C18H9BrClIO. The Labute approximate surface area is 154 Å². The molecule has 0 amide bonds. The second-order valence-electron chi connectivity index (χ2n) is 5.05. The molecule has 0 atom stereocenters. The lowest BCUT2D eigenvalue weighted by atomic mass is 10.0. The predicted molar refractivity (Wildman–Crippen MR) is 105 cm³/mol. The molecule has 0 aliphatic heterocycles. The quantitative estimate of drug-likeness (QED) is 0.260. The maximum Gasteiger partial charge on any atom is 0.144 e. The largest absolute Gasteiger partial charge is 0.455 e. The van der Waals surface area contributed by atoms with E-state index < -0.39 is 0 Å². The fourth-order valence-corrected chi connectivity index (χ4v) is 3.97. The highest BCUT2D eigenvalue weighted by molar-refractivity contribution is 14.1. The zero-order valence-electron chi connectivity index (χ0n) is 11.2. The van der Waals surface area contributed by atoms with Gasteiger partial charge in [-0.15, -0.1) is 0 Å². The van der Waals surface area contributed by atoms with E-state index in [1.807, 2.05) is 30.3 Å². The van der Waals surface area contributed by atoms with Gasteiger partial charge in [-0.05, 0) is 70.6 Å². The summed E-state index contributed by atoms with van der Waals surface area (Å²) < 4.78 is 8.32. The molecule has 0 radical (unpaired) electrons. The molecule has 1 heterocycles. The second-order valence-corrected chi connectivity index (χ2v) is 7.57. The first-order chi connectivity index (χ1) is 10.6. The van der Waals surface area contributed by atoms with Crippen LogP contribution in [0.15, 0.2) is 63.5 Å². The van der Waals surface area contributed by atoms with E-state index in [0.29, 0.717) is 0 Å². The Balaban J connectivity index is 2.13. The maximum atomic E-state index is 6.16. The van der Waals surface area contributed by atoms with Crippen molar-refractivity contribution in [3.05, 3.63) is 67.7 Å². The number of halogens is 3. The molecule has 1 nitrogen and oxygen atoms in total. The van der Waals surface area contributed by atoms with Crippen LogP contribution in [0, 0.1) is 3.57 Å². The van der Waals surface area contributed by atoms with Crippen molar-refractivity contribution in [2.75, 3.05) is 0 Å². The number of benzene rings is 3. The monoisotopic (exact) mass is 482 g/mol. The Morgan fingerprint density at radius 3 is 2.59 bits per heavy atom. The molecule has 0 unspecified atom stereocenters. The Bertz CT molecular complexity index is 1020. The van der Waals surface area contributed by atoms with Crippen molar-refractivity contribution in [3.8, 4) is 11.1 Å². The fourth-order valence-electron chi connectivity index (χ4n) is 2.70. The van der Waals surface area contributed by atoms with Gasteiger partial charge in [0.2, 0.25) is 0 Å². The van der Waals surface area contributed by atoms with Gasteiger partial charge in [-0.3, -0.25) is 0 Å². The van der Waals surface area contributed by atoms with Crippen LogP contribution in [0.25, 0.3) is 33.1 Å². The number of hydrogen-bond donors (Lipinski definition) is 0. The molecule has 108 valence electrons. The van der Waals surface area contributed by atoms with Gasteiger partial charge in [-0.1, -0.05) is 39.7 Å². The highest BCUT2D eigenvalue weighted by Gasteiger charge is 2.15. The van der Waals surface area contributed by atoms with E-state index >= 15 is 0 Å². The summed E-state index contributed by atoms with van der Waals surface area (Å²) in [5.41, 5.74) is 3.95. The van der Waals surface area contributed by atoms with Gasteiger partial charge in [0.25, 0.3) is 0 Å². The lowest BCUT2D eigenvalue weighted by Crippen LogP contribution is -1.84. The molecule has 22 heavy (non-hydrogen) atoms. The summed E-state index contributed by atoms with van der Waals surface area (Å²) in [6.07, 6.45) is 0. The molecule has 4 heteroatoms. The summed E-state index contributed by atoms with van der Waals surface area (Å²) in [6.45, 7) is 0. The fraction of sp³-hybridized carbons (Fsp3) is 0. The van der Waals surface area contributed by atoms with E-state index in [0.717, 1.165) is 46.1 Å². The van der Waals surface area contributed by atoms with Gasteiger partial charge in [0.15, 0.2) is 0 Å². The van der Waals surface area contributed by atoms with Crippen molar-refractivity contribution >= 4 is 72.1 Å². The van der Waals surface area contributed by atoms with Gasteiger partial charge in [0.05, 0.1) is 0 Å². The molecular weight excluding hydrogens is 474 g/mol. The second kappa shape index (κ2) is 5.55. The van der Waals surface area contributed by atoms with Gasteiger partial charge in [-0.2, -0.15) is 0 Å². The molecule has 0 aliphatic carbocycles. The standard InChI is InChI=1S/C18H9BrClIO/c19-11-4-5-13-14-6-7-15(21)17(18(14)22-16(13)9-11)10-2-1-3-12(20)8-10/h1-9H. The van der Waals surface area contributed by atoms with Gasteiger partial charge in [-0.25, -0.2) is 0 Å². The summed E-state index contributed by atoms with van der Waals surface area (Å²) in [5.74, 6) is 0. The molecule has 0 saturated carbocycles. The average molecular weight is 484 g/mol. The molecule has 4 aromatic rings. The van der Waals surface area contributed by atoms with Crippen molar-refractivity contribution in [1.29, 1.82) is 0 Å². The van der Waals surface area contributed by atoms with Crippen molar-refractivity contribution in [2.45, 2.75) is 0 Å². The number of hydrogen-bond acceptors (Lipinski definition) is 1. The molecule has 1 aromatic heterocycles. The maximum absolute atomic E-state index is 6.16. The smallest absolute Gasteiger partial charge is 0.144 e. The van der Waals surface area contributed by atoms with Gasteiger partial charge >= 0.3 is 0 Å². The van der Waals surface area contributed by atoms with Crippen LogP contribution in [0.1, 0.15) is 0 Å². The molecule has 0 spiro atoms. The van der Waals surface area contributed by atoms with Crippen LogP contribution in [0.2, 0.25) is 5.02 Å². The SMILES string of the molecule is Clc1cccc(-c2c(I)ccc3c2oc2cc(Br)ccc23)c1. The molecule has 0 bridgehead atoms. The summed E-state index contributed by atoms with van der Waals surface area (Å²) in [7, 11) is 0. The van der Waals surface area contributed by atoms with Crippen molar-refractivity contribution in [3.63, 3.8) is 0 Å². The normalized spacial score (nSPS) is 11.4. The first-order valence-corrected chi connectivity index (χ1v) is 8.94. The minimum absolute atomic E-state index is 0.726. The molecule has 3 aromatic carbocycles. The molecule has 0 N–H and O–H groups in total. The van der Waals surface area contributed by atoms with Gasteiger partial charge < -0.3 is 4.42 Å². The van der Waals surface area contributed by atoms with E-state index in [9.17, 15) is 0 Å². The van der Waals surface area contributed by atoms with Crippen LogP contribution < -0.4 is 0 Å². The van der Waals surface area contributed by atoms with Crippen LogP contribution in [-0.2, 0) is 0 Å². The third-order valence-corrected chi connectivity index (χ3v) is 5.29. The van der Waals surface area contributed by atoms with E-state index in [1.165, 1.54) is 0 Å². The highest BCUT2D eigenvalue weighted by Crippen LogP contribution is 2.39. The lowest BCUT2D eigenvalue weighted by Gasteiger charge is -2.06. The van der Waals surface area contributed by atoms with Crippen molar-refractivity contribution in [2.24, 2.45) is 0 Å². The van der Waals surface area contributed by atoms with Gasteiger partial charge in [0.1, 0.15) is 11.2 Å². The van der Waals surface area contributed by atoms with Crippen LogP contribution in [-0.4, -0.2) is 0 Å². The lowest BCUT2D eigenvalue weighted by molar-refractivity contribution is 0.669. The molecule has 0 aliphatic rings. The van der Waals surface area contributed by atoms with Crippen LogP contribution >= 0.6 is 50.1 Å². The van der Waals surface area contributed by atoms with Crippen LogP contribution in [0.5, 0.6) is 0 Å². The van der Waals surface area contributed by atoms with Gasteiger partial charge in [0, 0.05) is 29.4 Å². The zero-order valence-corrected chi connectivity index (χ0v) is 15.7. The van der Waals surface area contributed by atoms with Crippen LogP contribution in [0.4, 0.5) is 0 Å². The molecule has 0 saturated heterocycles. The van der Waals surface area contributed by atoms with Crippen molar-refractivity contribution in [1.82, 2.24) is 0 Å². The Morgan fingerprint density at radius 2 is 1.77 bits per heavy atom. The molecule has 0 fully saturated rings. The van der Waals surface area contributed by atoms with Crippen molar-refractivity contribution < 1.29 is 4.42 Å². The summed E-state index contributed by atoms with van der Waals surface area (Å²) in [4.78, 5) is 0. The van der Waals surface area contributed by atoms with E-state index in [-0.39, 0.29) is 0 Å². The van der Waals surface area contributed by atoms with Crippen LogP contribution in [0.3, 0.4) is 0 Å². The third-order valence-electron chi connectivity index (χ3n) is 3.67. The Hall–Kier alpha value is -1.04. The Kier molecular flexibility index (Phi) is 3.67. The number of fused-ring (bicyclic) bond motifs is 3. The minimum atomic E-state index is 0.726. The topological polar surface area (TPSA) is 13.1 Å². The molecule has 4 rings (SSSR count). The Morgan fingerprint density at radius 1 is 0.955 bits per heavy atom. The number of furan rings is 1. The minimum Gasteiger partial charge on any atom is -0.455 e. The van der Waals surface area contributed by atoms with E-state index in [2.05, 4.69) is 62.8 Å². The summed E-state index contributed by atoms with van der Waals surface area (Å²) >= 11 is 12.0. The number of rotatable bonds is 1. The first kappa shape index (κ1) is 14.5. The average Bonchev–Trinajstić information content (AvgIpc) is 2.84. The van der Waals surface area contributed by atoms with E-state index in [4.69, 9.17) is 16.0 Å². The van der Waals surface area contributed by atoms with E-state index in [1.54, 1.807) is 0 Å². The first-order valence-electron chi connectivity index (χ1n) is 6.70. The zero-order chi connectivity index (χ0) is 15.3.